The van der Waals surface area contributed by atoms with Crippen LogP contribution in [0.2, 0.25) is 0 Å². The van der Waals surface area contributed by atoms with E-state index in [2.05, 4.69) is 15.1 Å². The summed E-state index contributed by atoms with van der Waals surface area (Å²) in [7, 11) is 1.53. The van der Waals surface area contributed by atoms with Crippen molar-refractivity contribution < 1.29 is 14.6 Å². The van der Waals surface area contributed by atoms with Crippen LogP contribution in [0.5, 0.6) is 5.75 Å². The van der Waals surface area contributed by atoms with Gasteiger partial charge < -0.3 is 25.8 Å². The molecule has 2 rings (SSSR count). The van der Waals surface area contributed by atoms with Crippen molar-refractivity contribution in [2.24, 2.45) is 0 Å². The summed E-state index contributed by atoms with van der Waals surface area (Å²) >= 11 is 0. The number of β-amino-alcohol motifs (C(OH)–C–C–N with tert-alkyl or cyclic N) is 1. The summed E-state index contributed by atoms with van der Waals surface area (Å²) in [6.07, 6.45) is 0.906. The van der Waals surface area contributed by atoms with Crippen LogP contribution in [0.1, 0.15) is 16.8 Å². The molecule has 1 aliphatic heterocycles. The quantitative estimate of drug-likeness (QED) is 0.457. The molecule has 1 amide bonds. The number of aliphatic hydroxyl groups excluding tert-OH is 1. The van der Waals surface area contributed by atoms with E-state index in [-0.39, 0.29) is 12.5 Å². The van der Waals surface area contributed by atoms with E-state index < -0.39 is 0 Å². The average Bonchev–Trinajstić information content (AvgIpc) is 2.60. The molecule has 0 spiro atoms. The Morgan fingerprint density at radius 1 is 1.25 bits per heavy atom. The highest BCUT2D eigenvalue weighted by Crippen LogP contribution is 2.21. The lowest BCUT2D eigenvalue weighted by Gasteiger charge is -2.34. The van der Waals surface area contributed by atoms with Crippen LogP contribution in [0.25, 0.3) is 0 Å². The van der Waals surface area contributed by atoms with Crippen molar-refractivity contribution in [1.82, 2.24) is 15.1 Å². The zero-order valence-corrected chi connectivity index (χ0v) is 14.3. The van der Waals surface area contributed by atoms with Gasteiger partial charge in [0.25, 0.3) is 5.91 Å². The van der Waals surface area contributed by atoms with Crippen molar-refractivity contribution in [2.45, 2.75) is 6.42 Å². The van der Waals surface area contributed by atoms with Gasteiger partial charge in [-0.3, -0.25) is 9.69 Å². The van der Waals surface area contributed by atoms with Crippen molar-refractivity contribution in [3.63, 3.8) is 0 Å². The van der Waals surface area contributed by atoms with Gasteiger partial charge in [-0.05, 0) is 25.1 Å². The van der Waals surface area contributed by atoms with Gasteiger partial charge in [-0.15, -0.1) is 0 Å². The Kier molecular flexibility index (Phi) is 7.30. The molecule has 0 unspecified atom stereocenters. The summed E-state index contributed by atoms with van der Waals surface area (Å²) in [6, 6.07) is 5.04. The summed E-state index contributed by atoms with van der Waals surface area (Å²) in [6.45, 7) is 6.59. The molecule has 0 radical (unpaired) electrons. The number of hydrogen-bond donors (Lipinski definition) is 3. The summed E-state index contributed by atoms with van der Waals surface area (Å²) in [5, 5.41) is 11.9. The fraction of sp³-hybridized carbons (Fsp3) is 0.588. The Balaban J connectivity index is 1.68. The predicted molar refractivity (Wildman–Crippen MR) is 94.3 cm³/mol. The number of piperazine rings is 1. The summed E-state index contributed by atoms with van der Waals surface area (Å²) in [5.74, 6) is 0.354. The molecule has 1 heterocycles. The Labute approximate surface area is 143 Å². The third-order valence-electron chi connectivity index (χ3n) is 4.29. The molecule has 0 atom stereocenters. The minimum Gasteiger partial charge on any atom is -0.496 e. The Hall–Kier alpha value is -1.83. The van der Waals surface area contributed by atoms with Crippen LogP contribution in [-0.4, -0.2) is 80.3 Å². The first-order valence-electron chi connectivity index (χ1n) is 8.41. The normalized spacial score (nSPS) is 16.1. The second-order valence-corrected chi connectivity index (χ2v) is 5.98. The monoisotopic (exact) mass is 336 g/mol. The molecule has 1 aromatic carbocycles. The van der Waals surface area contributed by atoms with Gasteiger partial charge in [-0.1, -0.05) is 0 Å². The molecule has 24 heavy (non-hydrogen) atoms. The van der Waals surface area contributed by atoms with E-state index in [9.17, 15) is 4.79 Å². The maximum atomic E-state index is 12.2. The summed E-state index contributed by atoms with van der Waals surface area (Å²) in [4.78, 5) is 16.9. The van der Waals surface area contributed by atoms with Crippen LogP contribution in [0.4, 0.5) is 5.69 Å². The van der Waals surface area contributed by atoms with Crippen LogP contribution in [0, 0.1) is 0 Å². The standard InChI is InChI=1S/C17H28N4O3/c1-24-16-13-14(18)3-4-15(16)17(23)19-5-2-6-20-7-9-21(10-8-20)11-12-22/h3-4,13,22H,2,5-12,18H2,1H3,(H,19,23). The lowest BCUT2D eigenvalue weighted by molar-refractivity contribution is 0.0942. The van der Waals surface area contributed by atoms with Crippen LogP contribution < -0.4 is 15.8 Å². The number of nitrogens with two attached hydrogens (primary N) is 1. The number of nitrogen functional groups attached to an aromatic ring is 1. The summed E-state index contributed by atoms with van der Waals surface area (Å²) in [5.41, 5.74) is 6.78. The van der Waals surface area contributed by atoms with Crippen LogP contribution in [-0.2, 0) is 0 Å². The Morgan fingerprint density at radius 3 is 2.54 bits per heavy atom. The first-order chi connectivity index (χ1) is 11.6. The van der Waals surface area contributed by atoms with Gasteiger partial charge in [0.15, 0.2) is 0 Å². The maximum absolute atomic E-state index is 12.2. The number of ether oxygens (including phenoxy) is 1. The second-order valence-electron chi connectivity index (χ2n) is 5.98. The highest BCUT2D eigenvalue weighted by molar-refractivity contribution is 5.97. The van der Waals surface area contributed by atoms with E-state index in [1.54, 1.807) is 18.2 Å². The smallest absolute Gasteiger partial charge is 0.255 e. The highest BCUT2D eigenvalue weighted by atomic mass is 16.5. The van der Waals surface area contributed by atoms with Gasteiger partial charge in [0.2, 0.25) is 0 Å². The zero-order valence-electron chi connectivity index (χ0n) is 14.3. The number of anilines is 1. The molecule has 1 aromatic rings. The fourth-order valence-corrected chi connectivity index (χ4v) is 2.87. The second kappa shape index (κ2) is 9.46. The van der Waals surface area contributed by atoms with Gasteiger partial charge in [0.05, 0.1) is 19.3 Å². The zero-order chi connectivity index (χ0) is 17.4. The molecule has 7 nitrogen and oxygen atoms in total. The van der Waals surface area contributed by atoms with Gasteiger partial charge in [-0.25, -0.2) is 0 Å². The minimum atomic E-state index is -0.139. The maximum Gasteiger partial charge on any atom is 0.255 e. The third kappa shape index (κ3) is 5.36. The van der Waals surface area contributed by atoms with Gasteiger partial charge >= 0.3 is 0 Å². The SMILES string of the molecule is COc1cc(N)ccc1C(=O)NCCCN1CCN(CCO)CC1. The largest absolute Gasteiger partial charge is 0.496 e. The van der Waals surface area contributed by atoms with Crippen molar-refractivity contribution in [1.29, 1.82) is 0 Å². The van der Waals surface area contributed by atoms with Crippen molar-refractivity contribution >= 4 is 11.6 Å². The molecule has 0 aliphatic carbocycles. The first-order valence-corrected chi connectivity index (χ1v) is 8.41. The van der Waals surface area contributed by atoms with Crippen LogP contribution in [0.15, 0.2) is 18.2 Å². The van der Waals surface area contributed by atoms with Crippen LogP contribution in [0.3, 0.4) is 0 Å². The van der Waals surface area contributed by atoms with E-state index in [1.807, 2.05) is 0 Å². The van der Waals surface area contributed by atoms with Gasteiger partial charge in [-0.2, -0.15) is 0 Å². The van der Waals surface area contributed by atoms with E-state index in [4.69, 9.17) is 15.6 Å². The molecule has 134 valence electrons. The summed E-state index contributed by atoms with van der Waals surface area (Å²) < 4.78 is 5.21. The molecule has 7 heteroatoms. The number of hydrogen-bond acceptors (Lipinski definition) is 6. The lowest BCUT2D eigenvalue weighted by atomic mass is 10.1. The van der Waals surface area contributed by atoms with Gasteiger partial charge in [0.1, 0.15) is 5.75 Å². The van der Waals surface area contributed by atoms with E-state index in [0.29, 0.717) is 23.5 Å². The minimum absolute atomic E-state index is 0.139. The van der Waals surface area contributed by atoms with Crippen LogP contribution >= 0.6 is 0 Å². The fourth-order valence-electron chi connectivity index (χ4n) is 2.87. The van der Waals surface area contributed by atoms with E-state index >= 15 is 0 Å². The molecule has 1 saturated heterocycles. The number of methoxy groups -OCH3 is 1. The number of nitrogens with zero attached hydrogens (tertiary/aromatic N) is 2. The number of nitrogens with one attached hydrogen (secondary N) is 1. The Morgan fingerprint density at radius 2 is 1.92 bits per heavy atom. The topological polar surface area (TPSA) is 91.1 Å². The molecular formula is C17H28N4O3. The van der Waals surface area contributed by atoms with Crippen molar-refractivity contribution in [3.8, 4) is 5.75 Å². The van der Waals surface area contributed by atoms with Crippen molar-refractivity contribution in [3.05, 3.63) is 23.8 Å². The molecular weight excluding hydrogens is 308 g/mol. The molecule has 1 fully saturated rings. The number of aliphatic hydroxyl groups is 1. The third-order valence-corrected chi connectivity index (χ3v) is 4.29. The molecule has 0 saturated carbocycles. The first kappa shape index (κ1) is 18.5. The molecule has 1 aliphatic rings. The van der Waals surface area contributed by atoms with E-state index in [1.165, 1.54) is 7.11 Å². The molecule has 4 N–H and O–H groups in total. The molecule has 0 bridgehead atoms. The highest BCUT2D eigenvalue weighted by Gasteiger charge is 2.16. The van der Waals surface area contributed by atoms with Crippen molar-refractivity contribution in [2.75, 3.05) is 65.3 Å². The lowest BCUT2D eigenvalue weighted by Crippen LogP contribution is -2.47. The number of carbonyl (C=O) groups is 1. The van der Waals surface area contributed by atoms with E-state index in [0.717, 1.165) is 45.7 Å². The number of rotatable bonds is 8. The Bertz CT molecular complexity index is 531. The number of amides is 1. The predicted octanol–water partition coefficient (Wildman–Crippen LogP) is 0.00720. The molecule has 0 aromatic heterocycles. The average molecular weight is 336 g/mol. The van der Waals surface area contributed by atoms with Gasteiger partial charge in [0, 0.05) is 51.0 Å². The number of carbonyl (C=O) groups excluding carboxylic acids is 1. The number of benzene rings is 1.